The molecule has 0 aromatic heterocycles. The summed E-state index contributed by atoms with van der Waals surface area (Å²) in [6.45, 7) is 2.06. The van der Waals surface area contributed by atoms with Gasteiger partial charge in [-0.05, 0) is 18.8 Å². The van der Waals surface area contributed by atoms with Gasteiger partial charge in [0.1, 0.15) is 6.10 Å². The molecule has 0 amide bonds. The van der Waals surface area contributed by atoms with Gasteiger partial charge in [0.05, 0.1) is 12.2 Å². The normalized spacial score (nSPS) is 35.6. The first-order valence-corrected chi connectivity index (χ1v) is 6.16. The lowest BCUT2D eigenvalue weighted by molar-refractivity contribution is -0.199. The number of methoxy groups -OCH3 is 2. The van der Waals surface area contributed by atoms with Crippen LogP contribution in [-0.2, 0) is 18.9 Å². The van der Waals surface area contributed by atoms with Crippen LogP contribution < -0.4 is 0 Å². The summed E-state index contributed by atoms with van der Waals surface area (Å²) in [5.41, 5.74) is -0.185. The second kappa shape index (κ2) is 5.63. The first-order chi connectivity index (χ1) is 8.21. The van der Waals surface area contributed by atoms with Crippen LogP contribution in [0.1, 0.15) is 19.3 Å². The van der Waals surface area contributed by atoms with E-state index >= 15 is 0 Å². The minimum absolute atomic E-state index is 0.148. The largest absolute Gasteiger partial charge is 0.388 e. The van der Waals surface area contributed by atoms with Crippen molar-refractivity contribution in [3.8, 4) is 0 Å². The van der Waals surface area contributed by atoms with E-state index in [0.29, 0.717) is 13.2 Å². The highest BCUT2D eigenvalue weighted by Gasteiger charge is 2.44. The van der Waals surface area contributed by atoms with Crippen molar-refractivity contribution in [1.29, 1.82) is 0 Å². The standard InChI is InChI=1S/C12H22O5/c1-14-11(15-2)10(13)9-3-5-17-12(7-9)4-6-16-8-12/h9-11,13H,3-8H2,1-2H3. The van der Waals surface area contributed by atoms with E-state index in [2.05, 4.69) is 0 Å². The van der Waals surface area contributed by atoms with Gasteiger partial charge in [-0.2, -0.15) is 0 Å². The van der Waals surface area contributed by atoms with Crippen LogP contribution in [0.2, 0.25) is 0 Å². The Morgan fingerprint density at radius 2 is 2.06 bits per heavy atom. The highest BCUT2D eigenvalue weighted by Crippen LogP contribution is 2.37. The minimum Gasteiger partial charge on any atom is -0.388 e. The lowest BCUT2D eigenvalue weighted by Gasteiger charge is -2.40. The SMILES string of the molecule is COC(OC)C(O)C1CCOC2(CCOC2)C1. The van der Waals surface area contributed by atoms with Crippen LogP contribution in [0.15, 0.2) is 0 Å². The van der Waals surface area contributed by atoms with Gasteiger partial charge < -0.3 is 24.1 Å². The van der Waals surface area contributed by atoms with E-state index in [1.807, 2.05) is 0 Å². The van der Waals surface area contributed by atoms with Crippen LogP contribution >= 0.6 is 0 Å². The molecule has 2 aliphatic rings. The molecule has 2 heterocycles. The zero-order chi connectivity index (χ0) is 12.3. The molecule has 0 aromatic carbocycles. The Kier molecular flexibility index (Phi) is 4.38. The van der Waals surface area contributed by atoms with Crippen molar-refractivity contribution in [2.45, 2.75) is 37.3 Å². The van der Waals surface area contributed by atoms with Crippen molar-refractivity contribution in [3.05, 3.63) is 0 Å². The molecule has 2 rings (SSSR count). The second-order valence-corrected chi connectivity index (χ2v) is 4.92. The Morgan fingerprint density at radius 1 is 1.29 bits per heavy atom. The third-order valence-electron chi connectivity index (χ3n) is 3.82. The van der Waals surface area contributed by atoms with E-state index in [4.69, 9.17) is 18.9 Å². The highest BCUT2D eigenvalue weighted by atomic mass is 16.7. The number of ether oxygens (including phenoxy) is 4. The summed E-state index contributed by atoms with van der Waals surface area (Å²) in [6.07, 6.45) is 1.41. The van der Waals surface area contributed by atoms with Gasteiger partial charge in [0.15, 0.2) is 6.29 Å². The van der Waals surface area contributed by atoms with Crippen molar-refractivity contribution in [2.75, 3.05) is 34.0 Å². The van der Waals surface area contributed by atoms with Crippen LogP contribution in [0.4, 0.5) is 0 Å². The fourth-order valence-corrected chi connectivity index (χ4v) is 2.82. The van der Waals surface area contributed by atoms with Crippen molar-refractivity contribution in [1.82, 2.24) is 0 Å². The van der Waals surface area contributed by atoms with Crippen molar-refractivity contribution in [3.63, 3.8) is 0 Å². The van der Waals surface area contributed by atoms with Gasteiger partial charge in [-0.25, -0.2) is 0 Å². The van der Waals surface area contributed by atoms with Crippen LogP contribution in [0, 0.1) is 5.92 Å². The molecule has 1 N–H and O–H groups in total. The van der Waals surface area contributed by atoms with E-state index < -0.39 is 12.4 Å². The fraction of sp³-hybridized carbons (Fsp3) is 1.00. The van der Waals surface area contributed by atoms with E-state index in [1.54, 1.807) is 14.2 Å². The zero-order valence-corrected chi connectivity index (χ0v) is 10.6. The molecule has 0 aliphatic carbocycles. The lowest BCUT2D eigenvalue weighted by atomic mass is 9.82. The number of aliphatic hydroxyl groups excluding tert-OH is 1. The molecule has 0 aromatic rings. The minimum atomic E-state index is -0.605. The van der Waals surface area contributed by atoms with Gasteiger partial charge in [-0.3, -0.25) is 0 Å². The summed E-state index contributed by atoms with van der Waals surface area (Å²) >= 11 is 0. The van der Waals surface area contributed by atoms with Gasteiger partial charge in [0, 0.05) is 33.9 Å². The number of rotatable bonds is 4. The van der Waals surface area contributed by atoms with Crippen LogP contribution in [0.25, 0.3) is 0 Å². The molecule has 5 nitrogen and oxygen atoms in total. The highest BCUT2D eigenvalue weighted by molar-refractivity contribution is 4.92. The van der Waals surface area contributed by atoms with E-state index in [-0.39, 0.29) is 11.5 Å². The molecule has 2 aliphatic heterocycles. The summed E-state index contributed by atoms with van der Waals surface area (Å²) in [5, 5.41) is 10.2. The first kappa shape index (κ1) is 13.2. The van der Waals surface area contributed by atoms with Gasteiger partial charge in [-0.15, -0.1) is 0 Å². The maximum atomic E-state index is 10.2. The molecule has 5 heteroatoms. The molecule has 3 unspecified atom stereocenters. The molecule has 1 spiro atoms. The fourth-order valence-electron chi connectivity index (χ4n) is 2.82. The van der Waals surface area contributed by atoms with Crippen molar-refractivity contribution >= 4 is 0 Å². The maximum absolute atomic E-state index is 10.2. The van der Waals surface area contributed by atoms with Gasteiger partial charge in [-0.1, -0.05) is 0 Å². The number of hydrogen-bond acceptors (Lipinski definition) is 5. The quantitative estimate of drug-likeness (QED) is 0.734. The first-order valence-electron chi connectivity index (χ1n) is 6.16. The number of aliphatic hydroxyl groups is 1. The molecule has 2 saturated heterocycles. The van der Waals surface area contributed by atoms with Crippen LogP contribution in [0.3, 0.4) is 0 Å². The second-order valence-electron chi connectivity index (χ2n) is 4.92. The van der Waals surface area contributed by atoms with E-state index in [1.165, 1.54) is 0 Å². The molecule has 0 bridgehead atoms. The Labute approximate surface area is 102 Å². The topological polar surface area (TPSA) is 57.2 Å². The Hall–Kier alpha value is -0.200. The molecule has 0 saturated carbocycles. The van der Waals surface area contributed by atoms with Gasteiger partial charge >= 0.3 is 0 Å². The third kappa shape index (κ3) is 2.80. The predicted octanol–water partition coefficient (Wildman–Crippen LogP) is 0.552. The lowest BCUT2D eigenvalue weighted by Crippen LogP contribution is -2.47. The summed E-state index contributed by atoms with van der Waals surface area (Å²) in [6, 6.07) is 0. The summed E-state index contributed by atoms with van der Waals surface area (Å²) in [5.74, 6) is 0.148. The molecule has 3 atom stereocenters. The zero-order valence-electron chi connectivity index (χ0n) is 10.6. The monoisotopic (exact) mass is 246 g/mol. The Morgan fingerprint density at radius 3 is 2.65 bits per heavy atom. The average Bonchev–Trinajstić information content (AvgIpc) is 2.78. The maximum Gasteiger partial charge on any atom is 0.182 e. The van der Waals surface area contributed by atoms with Gasteiger partial charge in [0.2, 0.25) is 0 Å². The summed E-state index contributed by atoms with van der Waals surface area (Å²) in [4.78, 5) is 0. The molecular weight excluding hydrogens is 224 g/mol. The predicted molar refractivity (Wildman–Crippen MR) is 60.7 cm³/mol. The summed E-state index contributed by atoms with van der Waals surface area (Å²) < 4.78 is 21.5. The molecule has 17 heavy (non-hydrogen) atoms. The van der Waals surface area contributed by atoms with Crippen molar-refractivity contribution < 1.29 is 24.1 Å². The van der Waals surface area contributed by atoms with Crippen molar-refractivity contribution in [2.24, 2.45) is 5.92 Å². The molecule has 0 radical (unpaired) electrons. The molecule has 2 fully saturated rings. The van der Waals surface area contributed by atoms with Crippen LogP contribution in [-0.4, -0.2) is 57.1 Å². The van der Waals surface area contributed by atoms with E-state index in [0.717, 1.165) is 25.9 Å². The van der Waals surface area contributed by atoms with Crippen LogP contribution in [0.5, 0.6) is 0 Å². The Bertz CT molecular complexity index is 235. The molecular formula is C12H22O5. The molecule has 100 valence electrons. The average molecular weight is 246 g/mol. The van der Waals surface area contributed by atoms with Gasteiger partial charge in [0.25, 0.3) is 0 Å². The third-order valence-corrected chi connectivity index (χ3v) is 3.82. The number of hydrogen-bond donors (Lipinski definition) is 1. The van der Waals surface area contributed by atoms with E-state index in [9.17, 15) is 5.11 Å². The Balaban J connectivity index is 1.96. The smallest absolute Gasteiger partial charge is 0.182 e. The summed E-state index contributed by atoms with van der Waals surface area (Å²) in [7, 11) is 3.09.